The van der Waals surface area contributed by atoms with E-state index in [0.717, 1.165) is 24.5 Å². The van der Waals surface area contributed by atoms with Gasteiger partial charge in [0, 0.05) is 26.0 Å². The predicted molar refractivity (Wildman–Crippen MR) is 88.6 cm³/mol. The zero-order valence-electron chi connectivity index (χ0n) is 13.6. The number of carbonyl (C=O) groups excluding carboxylic acids is 1. The number of ether oxygens (including phenoxy) is 1. The Bertz CT molecular complexity index is 656. The number of nitrogens with zero attached hydrogens (tertiary/aromatic N) is 4. The third-order valence-corrected chi connectivity index (χ3v) is 4.07. The summed E-state index contributed by atoms with van der Waals surface area (Å²) in [5, 5.41) is 4.07. The maximum atomic E-state index is 12.3. The van der Waals surface area contributed by atoms with Crippen molar-refractivity contribution >= 4 is 11.6 Å². The molecule has 0 saturated carbocycles. The number of hydrogen-bond acceptors (Lipinski definition) is 4. The second-order valence-corrected chi connectivity index (χ2v) is 5.72. The average molecular weight is 314 g/mol. The maximum Gasteiger partial charge on any atom is 0.244 e. The lowest BCUT2D eigenvalue weighted by Gasteiger charge is -2.37. The molecular formula is C17H22N4O2. The van der Waals surface area contributed by atoms with E-state index in [-0.39, 0.29) is 18.6 Å². The molecule has 6 heteroatoms. The third kappa shape index (κ3) is 3.47. The van der Waals surface area contributed by atoms with Gasteiger partial charge in [-0.05, 0) is 25.1 Å². The van der Waals surface area contributed by atoms with Crippen LogP contribution in [0.2, 0.25) is 0 Å². The van der Waals surface area contributed by atoms with E-state index in [9.17, 15) is 4.79 Å². The SMILES string of the molecule is CCN1CC(CN(C)C(=O)Cn2cccn2)Oc2ccccc21. The van der Waals surface area contributed by atoms with Crippen LogP contribution < -0.4 is 9.64 Å². The van der Waals surface area contributed by atoms with E-state index in [1.807, 2.05) is 31.3 Å². The van der Waals surface area contributed by atoms with Crippen molar-refractivity contribution in [1.82, 2.24) is 14.7 Å². The summed E-state index contributed by atoms with van der Waals surface area (Å²) in [5.41, 5.74) is 1.12. The van der Waals surface area contributed by atoms with E-state index in [2.05, 4.69) is 23.0 Å². The van der Waals surface area contributed by atoms with Gasteiger partial charge in [0.05, 0.1) is 18.8 Å². The Hall–Kier alpha value is -2.50. The first-order chi connectivity index (χ1) is 11.2. The highest BCUT2D eigenvalue weighted by molar-refractivity contribution is 5.75. The van der Waals surface area contributed by atoms with Crippen LogP contribution in [-0.2, 0) is 11.3 Å². The number of hydrogen-bond donors (Lipinski definition) is 0. The van der Waals surface area contributed by atoms with Gasteiger partial charge in [-0.2, -0.15) is 5.10 Å². The van der Waals surface area contributed by atoms with Crippen LogP contribution >= 0.6 is 0 Å². The van der Waals surface area contributed by atoms with Gasteiger partial charge in [0.2, 0.25) is 5.91 Å². The third-order valence-electron chi connectivity index (χ3n) is 4.07. The summed E-state index contributed by atoms with van der Waals surface area (Å²) >= 11 is 0. The molecule has 1 unspecified atom stereocenters. The van der Waals surface area contributed by atoms with Gasteiger partial charge < -0.3 is 14.5 Å². The van der Waals surface area contributed by atoms with Crippen molar-refractivity contribution in [2.75, 3.05) is 31.6 Å². The smallest absolute Gasteiger partial charge is 0.244 e. The van der Waals surface area contributed by atoms with Crippen molar-refractivity contribution in [3.63, 3.8) is 0 Å². The number of aromatic nitrogens is 2. The molecule has 2 heterocycles. The average Bonchev–Trinajstić information content (AvgIpc) is 3.07. The molecule has 122 valence electrons. The zero-order valence-corrected chi connectivity index (χ0v) is 13.6. The molecule has 0 radical (unpaired) electrons. The van der Waals surface area contributed by atoms with E-state index in [1.54, 1.807) is 22.0 Å². The number of para-hydroxylation sites is 2. The first-order valence-corrected chi connectivity index (χ1v) is 7.89. The highest BCUT2D eigenvalue weighted by Crippen LogP contribution is 2.32. The number of likely N-dealkylation sites (N-methyl/N-ethyl adjacent to an activating group) is 2. The predicted octanol–water partition coefficient (Wildman–Crippen LogP) is 1.63. The number of anilines is 1. The summed E-state index contributed by atoms with van der Waals surface area (Å²) in [4.78, 5) is 16.3. The molecule has 1 aromatic heterocycles. The fourth-order valence-corrected chi connectivity index (χ4v) is 2.83. The van der Waals surface area contributed by atoms with E-state index in [1.165, 1.54) is 0 Å². The number of carbonyl (C=O) groups is 1. The van der Waals surface area contributed by atoms with Crippen LogP contribution in [0.1, 0.15) is 6.92 Å². The van der Waals surface area contributed by atoms with Crippen LogP contribution in [0.4, 0.5) is 5.69 Å². The Labute approximate surface area is 136 Å². The Morgan fingerprint density at radius 3 is 2.96 bits per heavy atom. The number of benzene rings is 1. The molecular weight excluding hydrogens is 292 g/mol. The van der Waals surface area contributed by atoms with Crippen molar-refractivity contribution in [2.24, 2.45) is 0 Å². The first-order valence-electron chi connectivity index (χ1n) is 7.89. The van der Waals surface area contributed by atoms with Crippen LogP contribution in [0.5, 0.6) is 5.75 Å². The summed E-state index contributed by atoms with van der Waals surface area (Å²) in [6.07, 6.45) is 3.43. The van der Waals surface area contributed by atoms with Gasteiger partial charge in [-0.15, -0.1) is 0 Å². The fourth-order valence-electron chi connectivity index (χ4n) is 2.83. The van der Waals surface area contributed by atoms with Crippen LogP contribution in [0.3, 0.4) is 0 Å². The van der Waals surface area contributed by atoms with Crippen molar-refractivity contribution in [3.8, 4) is 5.75 Å². The molecule has 1 aliphatic rings. The van der Waals surface area contributed by atoms with Gasteiger partial charge in [-0.3, -0.25) is 9.48 Å². The second-order valence-electron chi connectivity index (χ2n) is 5.72. The normalized spacial score (nSPS) is 16.6. The van der Waals surface area contributed by atoms with Gasteiger partial charge in [-0.1, -0.05) is 12.1 Å². The Morgan fingerprint density at radius 2 is 2.22 bits per heavy atom. The standard InChI is InChI=1S/C17H22N4O2/c1-3-20-12-14(23-16-8-5-4-7-15(16)20)11-19(2)17(22)13-21-10-6-9-18-21/h4-10,14H,3,11-13H2,1-2H3. The topological polar surface area (TPSA) is 50.6 Å². The number of amides is 1. The zero-order chi connectivity index (χ0) is 16.2. The van der Waals surface area contributed by atoms with Gasteiger partial charge in [0.25, 0.3) is 0 Å². The van der Waals surface area contributed by atoms with Crippen molar-refractivity contribution in [3.05, 3.63) is 42.7 Å². The molecule has 0 spiro atoms. The summed E-state index contributed by atoms with van der Waals surface area (Å²) in [5.74, 6) is 0.915. The lowest BCUT2D eigenvalue weighted by molar-refractivity contribution is -0.131. The molecule has 0 fully saturated rings. The Balaban J connectivity index is 1.63. The molecule has 1 aliphatic heterocycles. The van der Waals surface area contributed by atoms with Crippen LogP contribution in [0.25, 0.3) is 0 Å². The summed E-state index contributed by atoms with van der Waals surface area (Å²) in [7, 11) is 1.81. The molecule has 23 heavy (non-hydrogen) atoms. The molecule has 0 saturated heterocycles. The van der Waals surface area contributed by atoms with Crippen LogP contribution in [0.15, 0.2) is 42.7 Å². The van der Waals surface area contributed by atoms with Crippen molar-refractivity contribution < 1.29 is 9.53 Å². The van der Waals surface area contributed by atoms with Gasteiger partial charge in [0.15, 0.2) is 0 Å². The Morgan fingerprint density at radius 1 is 1.39 bits per heavy atom. The van der Waals surface area contributed by atoms with Crippen molar-refractivity contribution in [2.45, 2.75) is 19.6 Å². The minimum atomic E-state index is -0.0311. The fraction of sp³-hybridized carbons (Fsp3) is 0.412. The van der Waals surface area contributed by atoms with E-state index < -0.39 is 0 Å². The quantitative estimate of drug-likeness (QED) is 0.842. The lowest BCUT2D eigenvalue weighted by atomic mass is 10.2. The molecule has 0 N–H and O–H groups in total. The molecule has 6 nitrogen and oxygen atoms in total. The highest BCUT2D eigenvalue weighted by Gasteiger charge is 2.26. The Kier molecular flexibility index (Phi) is 4.50. The highest BCUT2D eigenvalue weighted by atomic mass is 16.5. The molecule has 1 amide bonds. The second kappa shape index (κ2) is 6.73. The van der Waals surface area contributed by atoms with Crippen LogP contribution in [-0.4, -0.2) is 53.4 Å². The lowest BCUT2D eigenvalue weighted by Crippen LogP contribution is -2.47. The van der Waals surface area contributed by atoms with Gasteiger partial charge >= 0.3 is 0 Å². The van der Waals surface area contributed by atoms with Gasteiger partial charge in [0.1, 0.15) is 18.4 Å². The largest absolute Gasteiger partial charge is 0.485 e. The molecule has 1 aromatic carbocycles. The molecule has 0 bridgehead atoms. The summed E-state index contributed by atoms with van der Waals surface area (Å²) in [6, 6.07) is 9.86. The molecule has 2 aromatic rings. The summed E-state index contributed by atoms with van der Waals surface area (Å²) in [6.45, 7) is 4.65. The number of rotatable bonds is 5. The maximum absolute atomic E-state index is 12.3. The molecule has 0 aliphatic carbocycles. The van der Waals surface area contributed by atoms with E-state index in [4.69, 9.17) is 4.74 Å². The first kappa shape index (κ1) is 15.4. The van der Waals surface area contributed by atoms with Crippen molar-refractivity contribution in [1.29, 1.82) is 0 Å². The molecule has 1 atom stereocenters. The summed E-state index contributed by atoms with van der Waals surface area (Å²) < 4.78 is 7.70. The number of fused-ring (bicyclic) bond motifs is 1. The molecule has 3 rings (SSSR count). The monoisotopic (exact) mass is 314 g/mol. The van der Waals surface area contributed by atoms with Crippen LogP contribution in [0, 0.1) is 0 Å². The van der Waals surface area contributed by atoms with E-state index >= 15 is 0 Å². The van der Waals surface area contributed by atoms with E-state index in [0.29, 0.717) is 6.54 Å². The van der Waals surface area contributed by atoms with Gasteiger partial charge in [-0.25, -0.2) is 0 Å². The minimum Gasteiger partial charge on any atom is -0.485 e. The minimum absolute atomic E-state index is 0.0270.